The summed E-state index contributed by atoms with van der Waals surface area (Å²) < 4.78 is 0. The minimum atomic E-state index is -0.416. The Hall–Kier alpha value is -2.05. The highest BCUT2D eigenvalue weighted by atomic mass is 16.2. The third-order valence-electron chi connectivity index (χ3n) is 4.41. The third kappa shape index (κ3) is 1.85. The van der Waals surface area contributed by atoms with Crippen LogP contribution in [0.1, 0.15) is 61.7 Å². The minimum Gasteiger partial charge on any atom is -0.240 e. The molecule has 0 spiro atoms. The Morgan fingerprint density at radius 2 is 1.35 bits per heavy atom. The molecule has 0 aromatic carbocycles. The zero-order valence-electron chi connectivity index (χ0n) is 11.1. The molecular formula is C13H16N6O. The van der Waals surface area contributed by atoms with Gasteiger partial charge in [0.1, 0.15) is 0 Å². The van der Waals surface area contributed by atoms with Crippen molar-refractivity contribution >= 4 is 6.03 Å². The van der Waals surface area contributed by atoms with E-state index in [0.29, 0.717) is 11.8 Å². The van der Waals surface area contributed by atoms with Crippen molar-refractivity contribution in [3.63, 3.8) is 0 Å². The first-order valence-corrected chi connectivity index (χ1v) is 7.20. The quantitative estimate of drug-likeness (QED) is 0.834. The largest absolute Gasteiger partial charge is 0.403 e. The summed E-state index contributed by atoms with van der Waals surface area (Å²) in [5, 5.41) is 16.6. The van der Waals surface area contributed by atoms with Crippen LogP contribution in [0.2, 0.25) is 0 Å². The Bertz CT molecular complexity index is 583. The number of carbonyl (C=O) groups excluding carboxylic acids is 1. The van der Waals surface area contributed by atoms with E-state index in [9.17, 15) is 4.79 Å². The first-order chi connectivity index (χ1) is 9.81. The van der Waals surface area contributed by atoms with E-state index < -0.39 is 6.03 Å². The van der Waals surface area contributed by atoms with Gasteiger partial charge in [-0.3, -0.25) is 0 Å². The summed E-state index contributed by atoms with van der Waals surface area (Å²) in [5.74, 6) is 0.931. The Balaban J connectivity index is 1.53. The molecule has 0 aliphatic heterocycles. The average molecular weight is 272 g/mol. The summed E-state index contributed by atoms with van der Waals surface area (Å²) in [7, 11) is 0. The number of aromatic nitrogens is 6. The Labute approximate surface area is 116 Å². The van der Waals surface area contributed by atoms with Crippen molar-refractivity contribution in [3.05, 3.63) is 23.8 Å². The predicted molar refractivity (Wildman–Crippen MR) is 69.4 cm³/mol. The van der Waals surface area contributed by atoms with Gasteiger partial charge in [0.25, 0.3) is 0 Å². The van der Waals surface area contributed by atoms with Gasteiger partial charge in [-0.2, -0.15) is 10.2 Å². The van der Waals surface area contributed by atoms with Gasteiger partial charge < -0.3 is 0 Å². The molecule has 2 aromatic rings. The second-order valence-electron chi connectivity index (χ2n) is 5.66. The molecule has 20 heavy (non-hydrogen) atoms. The second kappa shape index (κ2) is 4.50. The molecular weight excluding hydrogens is 256 g/mol. The van der Waals surface area contributed by atoms with E-state index in [2.05, 4.69) is 20.4 Å². The summed E-state index contributed by atoms with van der Waals surface area (Å²) in [5.41, 5.74) is 1.80. The summed E-state index contributed by atoms with van der Waals surface area (Å²) >= 11 is 0. The molecule has 2 aromatic heterocycles. The maximum absolute atomic E-state index is 12.2. The fourth-order valence-corrected chi connectivity index (χ4v) is 2.60. The van der Waals surface area contributed by atoms with E-state index in [1.807, 2.05) is 0 Å². The lowest BCUT2D eigenvalue weighted by molar-refractivity contribution is 0.230. The standard InChI is InChI=1S/C13H16N6O/c20-13(18-14-7-11(16-18)9-3-1-4-9)19-15-8-12(17-19)10-5-2-6-10/h7-10H,1-6H2. The lowest BCUT2D eigenvalue weighted by Gasteiger charge is -2.22. The van der Waals surface area contributed by atoms with Gasteiger partial charge in [0.05, 0.1) is 23.8 Å². The SMILES string of the molecule is O=C(n1ncc(C2CCC2)n1)n1ncc(C2CCC2)n1. The zero-order valence-corrected chi connectivity index (χ0v) is 11.1. The molecule has 2 aliphatic rings. The van der Waals surface area contributed by atoms with Gasteiger partial charge in [-0.25, -0.2) is 4.79 Å². The topological polar surface area (TPSA) is 78.5 Å². The van der Waals surface area contributed by atoms with Crippen LogP contribution in [-0.2, 0) is 0 Å². The fraction of sp³-hybridized carbons (Fsp3) is 0.615. The van der Waals surface area contributed by atoms with Gasteiger partial charge in [-0.05, 0) is 25.7 Å². The summed E-state index contributed by atoms with van der Waals surface area (Å²) in [4.78, 5) is 14.4. The van der Waals surface area contributed by atoms with E-state index in [0.717, 1.165) is 46.7 Å². The number of rotatable bonds is 2. The summed E-state index contributed by atoms with van der Waals surface area (Å²) in [6, 6.07) is -0.416. The molecule has 7 heteroatoms. The van der Waals surface area contributed by atoms with Crippen molar-refractivity contribution in [2.45, 2.75) is 50.4 Å². The molecule has 0 unspecified atom stereocenters. The van der Waals surface area contributed by atoms with Crippen LogP contribution in [0.15, 0.2) is 12.4 Å². The molecule has 4 rings (SSSR count). The van der Waals surface area contributed by atoms with Crippen molar-refractivity contribution < 1.29 is 4.79 Å². The van der Waals surface area contributed by atoms with Crippen molar-refractivity contribution in [2.24, 2.45) is 0 Å². The molecule has 104 valence electrons. The molecule has 0 radical (unpaired) electrons. The Kier molecular flexibility index (Phi) is 2.64. The molecule has 0 saturated heterocycles. The first kappa shape index (κ1) is 11.7. The fourth-order valence-electron chi connectivity index (χ4n) is 2.60. The molecule has 0 bridgehead atoms. The van der Waals surface area contributed by atoms with Crippen LogP contribution in [0.4, 0.5) is 4.79 Å². The van der Waals surface area contributed by atoms with Crippen LogP contribution in [-0.4, -0.2) is 36.0 Å². The van der Waals surface area contributed by atoms with Crippen LogP contribution >= 0.6 is 0 Å². The highest BCUT2D eigenvalue weighted by molar-refractivity contribution is 5.75. The molecule has 7 nitrogen and oxygen atoms in total. The van der Waals surface area contributed by atoms with Gasteiger partial charge in [-0.1, -0.05) is 22.4 Å². The molecule has 0 amide bonds. The third-order valence-corrected chi connectivity index (χ3v) is 4.41. The molecule has 0 N–H and O–H groups in total. The average Bonchev–Trinajstić information content (AvgIpc) is 2.93. The van der Waals surface area contributed by atoms with E-state index in [4.69, 9.17) is 0 Å². The number of hydrogen-bond acceptors (Lipinski definition) is 5. The van der Waals surface area contributed by atoms with Gasteiger partial charge in [-0.15, -0.1) is 10.2 Å². The zero-order chi connectivity index (χ0) is 13.5. The molecule has 2 aliphatic carbocycles. The number of carbonyl (C=O) groups is 1. The first-order valence-electron chi connectivity index (χ1n) is 7.20. The van der Waals surface area contributed by atoms with Crippen LogP contribution in [0.5, 0.6) is 0 Å². The van der Waals surface area contributed by atoms with Crippen molar-refractivity contribution in [2.75, 3.05) is 0 Å². The lowest BCUT2D eigenvalue weighted by atomic mass is 9.83. The van der Waals surface area contributed by atoms with Crippen LogP contribution in [0.25, 0.3) is 0 Å². The Morgan fingerprint density at radius 3 is 1.70 bits per heavy atom. The van der Waals surface area contributed by atoms with E-state index in [-0.39, 0.29) is 0 Å². The molecule has 2 fully saturated rings. The Morgan fingerprint density at radius 1 is 0.900 bits per heavy atom. The van der Waals surface area contributed by atoms with Gasteiger partial charge in [0.15, 0.2) is 0 Å². The van der Waals surface area contributed by atoms with Gasteiger partial charge in [0, 0.05) is 11.8 Å². The number of nitrogens with zero attached hydrogens (tertiary/aromatic N) is 6. The molecule has 2 saturated carbocycles. The molecule has 0 atom stereocenters. The minimum absolute atomic E-state index is 0.416. The van der Waals surface area contributed by atoms with Crippen LogP contribution in [0, 0.1) is 0 Å². The van der Waals surface area contributed by atoms with E-state index in [1.54, 1.807) is 12.4 Å². The second-order valence-corrected chi connectivity index (χ2v) is 5.66. The van der Waals surface area contributed by atoms with Gasteiger partial charge in [0.2, 0.25) is 0 Å². The van der Waals surface area contributed by atoms with E-state index >= 15 is 0 Å². The smallest absolute Gasteiger partial charge is 0.240 e. The highest BCUT2D eigenvalue weighted by Gasteiger charge is 2.26. The van der Waals surface area contributed by atoms with Crippen molar-refractivity contribution in [3.8, 4) is 0 Å². The normalized spacial score (nSPS) is 19.6. The monoisotopic (exact) mass is 272 g/mol. The highest BCUT2D eigenvalue weighted by Crippen LogP contribution is 2.35. The van der Waals surface area contributed by atoms with Gasteiger partial charge >= 0.3 is 6.03 Å². The maximum Gasteiger partial charge on any atom is 0.403 e. The lowest BCUT2D eigenvalue weighted by Crippen LogP contribution is -2.25. The van der Waals surface area contributed by atoms with Crippen molar-refractivity contribution in [1.29, 1.82) is 0 Å². The number of hydrogen-bond donors (Lipinski definition) is 0. The van der Waals surface area contributed by atoms with Crippen LogP contribution in [0.3, 0.4) is 0 Å². The van der Waals surface area contributed by atoms with Crippen LogP contribution < -0.4 is 0 Å². The maximum atomic E-state index is 12.2. The summed E-state index contributed by atoms with van der Waals surface area (Å²) in [6.45, 7) is 0. The van der Waals surface area contributed by atoms with Crippen molar-refractivity contribution in [1.82, 2.24) is 30.0 Å². The predicted octanol–water partition coefficient (Wildman–Crippen LogP) is 1.92. The summed E-state index contributed by atoms with van der Waals surface area (Å²) in [6.07, 6.45) is 10.4. The molecule has 2 heterocycles. The van der Waals surface area contributed by atoms with E-state index in [1.165, 1.54) is 12.8 Å².